The van der Waals surface area contributed by atoms with Crippen molar-refractivity contribution in [1.82, 2.24) is 4.90 Å². The van der Waals surface area contributed by atoms with Gasteiger partial charge in [0.15, 0.2) is 5.96 Å². The van der Waals surface area contributed by atoms with Crippen molar-refractivity contribution in [2.75, 3.05) is 45.2 Å². The van der Waals surface area contributed by atoms with Gasteiger partial charge in [-0.15, -0.1) is 0 Å². The predicted molar refractivity (Wildman–Crippen MR) is 98.3 cm³/mol. The molecule has 2 rings (SSSR count). The van der Waals surface area contributed by atoms with Crippen molar-refractivity contribution in [3.63, 3.8) is 0 Å². The van der Waals surface area contributed by atoms with Gasteiger partial charge in [-0.25, -0.2) is 0 Å². The van der Waals surface area contributed by atoms with E-state index >= 15 is 0 Å². The van der Waals surface area contributed by atoms with Gasteiger partial charge >= 0.3 is 0 Å². The number of guanidine groups is 1. The van der Waals surface area contributed by atoms with Crippen LogP contribution in [0.1, 0.15) is 19.4 Å². The summed E-state index contributed by atoms with van der Waals surface area (Å²) in [5.74, 6) is 1.07. The number of nitrogens with two attached hydrogens (primary N) is 1. The summed E-state index contributed by atoms with van der Waals surface area (Å²) in [4.78, 5) is 6.89. The van der Waals surface area contributed by atoms with Gasteiger partial charge in [0.1, 0.15) is 0 Å². The quantitative estimate of drug-likeness (QED) is 0.589. The van der Waals surface area contributed by atoms with Crippen molar-refractivity contribution in [3.05, 3.63) is 29.8 Å². The molecule has 6 heteroatoms. The molecule has 0 radical (unpaired) electrons. The lowest BCUT2D eigenvalue weighted by molar-refractivity contribution is -0.0261. The Bertz CT molecular complexity index is 534. The summed E-state index contributed by atoms with van der Waals surface area (Å²) in [5.41, 5.74) is 8.01. The number of para-hydroxylation sites is 1. The van der Waals surface area contributed by atoms with E-state index in [0.717, 1.165) is 37.5 Å². The molecular weight excluding hydrogens is 304 g/mol. The van der Waals surface area contributed by atoms with Crippen molar-refractivity contribution in [2.45, 2.75) is 26.6 Å². The largest absolute Gasteiger partial charge is 0.380 e. The van der Waals surface area contributed by atoms with Gasteiger partial charge in [-0.1, -0.05) is 32.0 Å². The fourth-order valence-corrected chi connectivity index (χ4v) is 2.87. The molecule has 24 heavy (non-hydrogen) atoms. The van der Waals surface area contributed by atoms with E-state index in [1.54, 1.807) is 7.11 Å². The first-order chi connectivity index (χ1) is 11.6. The van der Waals surface area contributed by atoms with Crippen LogP contribution in [0.3, 0.4) is 0 Å². The van der Waals surface area contributed by atoms with Crippen molar-refractivity contribution >= 4 is 11.6 Å². The van der Waals surface area contributed by atoms with Crippen LogP contribution < -0.4 is 11.1 Å². The fourth-order valence-electron chi connectivity index (χ4n) is 2.87. The second kappa shape index (κ2) is 9.61. The Morgan fingerprint density at radius 1 is 1.46 bits per heavy atom. The normalized spacial score (nSPS) is 19.7. The van der Waals surface area contributed by atoms with Crippen LogP contribution in [-0.2, 0) is 16.1 Å². The van der Waals surface area contributed by atoms with Crippen molar-refractivity contribution < 1.29 is 9.47 Å². The van der Waals surface area contributed by atoms with Crippen LogP contribution in [0, 0.1) is 5.92 Å². The monoisotopic (exact) mass is 334 g/mol. The fraction of sp³-hybridized carbons (Fsp3) is 0.611. The molecule has 1 atom stereocenters. The van der Waals surface area contributed by atoms with Gasteiger partial charge in [0.2, 0.25) is 0 Å². The van der Waals surface area contributed by atoms with E-state index in [2.05, 4.69) is 29.1 Å². The zero-order chi connectivity index (χ0) is 17.4. The van der Waals surface area contributed by atoms with E-state index in [-0.39, 0.29) is 6.10 Å². The number of methoxy groups -OCH3 is 1. The molecule has 0 aromatic heterocycles. The van der Waals surface area contributed by atoms with Gasteiger partial charge in [0.05, 0.1) is 25.9 Å². The van der Waals surface area contributed by atoms with Crippen LogP contribution >= 0.6 is 0 Å². The molecule has 1 aromatic rings. The number of nitrogens with zero attached hydrogens (tertiary/aromatic N) is 2. The molecule has 0 amide bonds. The third kappa shape index (κ3) is 6.11. The minimum absolute atomic E-state index is 0.104. The van der Waals surface area contributed by atoms with Crippen LogP contribution in [0.15, 0.2) is 29.3 Å². The summed E-state index contributed by atoms with van der Waals surface area (Å²) in [7, 11) is 1.68. The molecule has 0 saturated carbocycles. The predicted octanol–water partition coefficient (Wildman–Crippen LogP) is 1.92. The molecule has 1 unspecified atom stereocenters. The first-order valence-electron chi connectivity index (χ1n) is 8.56. The molecule has 0 aliphatic carbocycles. The van der Waals surface area contributed by atoms with Crippen molar-refractivity contribution in [2.24, 2.45) is 16.6 Å². The highest BCUT2D eigenvalue weighted by Crippen LogP contribution is 2.15. The standard InChI is InChI=1S/C18H30N4O2/c1-14(2)11-22-8-9-24-16(12-22)10-20-18(19)21-17-7-5-4-6-15(17)13-23-3/h4-7,14,16H,8-13H2,1-3H3,(H3,19,20,21). The Morgan fingerprint density at radius 2 is 2.25 bits per heavy atom. The smallest absolute Gasteiger partial charge is 0.193 e. The lowest BCUT2D eigenvalue weighted by Crippen LogP contribution is -2.45. The number of hydrogen-bond donors (Lipinski definition) is 2. The third-order valence-corrected chi connectivity index (χ3v) is 3.89. The number of rotatable bonds is 7. The summed E-state index contributed by atoms with van der Waals surface area (Å²) in [5, 5.41) is 3.16. The zero-order valence-electron chi connectivity index (χ0n) is 15.0. The SMILES string of the molecule is COCc1ccccc1NC(N)=NCC1CN(CC(C)C)CCO1. The maximum absolute atomic E-state index is 6.03. The Labute approximate surface area is 145 Å². The number of morpholine rings is 1. The van der Waals surface area contributed by atoms with E-state index in [0.29, 0.717) is 25.0 Å². The summed E-state index contributed by atoms with van der Waals surface area (Å²) in [6, 6.07) is 7.92. The maximum atomic E-state index is 6.03. The number of aliphatic imine (C=N–C) groups is 1. The van der Waals surface area contributed by atoms with E-state index in [1.807, 2.05) is 24.3 Å². The number of hydrogen-bond acceptors (Lipinski definition) is 4. The highest BCUT2D eigenvalue weighted by Gasteiger charge is 2.20. The molecule has 1 aliphatic rings. The van der Waals surface area contributed by atoms with Gasteiger partial charge in [0.25, 0.3) is 0 Å². The molecule has 3 N–H and O–H groups in total. The Morgan fingerprint density at radius 3 is 3.00 bits per heavy atom. The average molecular weight is 334 g/mol. The van der Waals surface area contributed by atoms with E-state index < -0.39 is 0 Å². The maximum Gasteiger partial charge on any atom is 0.193 e. The first-order valence-corrected chi connectivity index (χ1v) is 8.56. The summed E-state index contributed by atoms with van der Waals surface area (Å²) in [6.45, 7) is 9.35. The molecule has 6 nitrogen and oxygen atoms in total. The van der Waals surface area contributed by atoms with Gasteiger partial charge < -0.3 is 20.5 Å². The minimum atomic E-state index is 0.104. The molecule has 1 aliphatic heterocycles. The lowest BCUT2D eigenvalue weighted by Gasteiger charge is -2.33. The Hall–Kier alpha value is -1.63. The first kappa shape index (κ1) is 18.7. The van der Waals surface area contributed by atoms with Gasteiger partial charge in [-0.05, 0) is 12.0 Å². The molecule has 1 saturated heterocycles. The van der Waals surface area contributed by atoms with Gasteiger partial charge in [-0.2, -0.15) is 0 Å². The topological polar surface area (TPSA) is 72.1 Å². The summed E-state index contributed by atoms with van der Waals surface area (Å²) < 4.78 is 11.0. The molecule has 134 valence electrons. The lowest BCUT2D eigenvalue weighted by atomic mass is 10.2. The van der Waals surface area contributed by atoms with Gasteiger partial charge in [0, 0.05) is 38.0 Å². The van der Waals surface area contributed by atoms with Crippen LogP contribution in [0.5, 0.6) is 0 Å². The summed E-state index contributed by atoms with van der Waals surface area (Å²) in [6.07, 6.45) is 0.104. The number of benzene rings is 1. The second-order valence-corrected chi connectivity index (χ2v) is 6.59. The molecule has 1 fully saturated rings. The van der Waals surface area contributed by atoms with Crippen LogP contribution in [-0.4, -0.2) is 56.9 Å². The highest BCUT2D eigenvalue weighted by molar-refractivity contribution is 5.92. The van der Waals surface area contributed by atoms with E-state index in [1.165, 1.54) is 0 Å². The summed E-state index contributed by atoms with van der Waals surface area (Å²) >= 11 is 0. The Balaban J connectivity index is 1.87. The van der Waals surface area contributed by atoms with Gasteiger partial charge in [-0.3, -0.25) is 9.89 Å². The van der Waals surface area contributed by atoms with Crippen molar-refractivity contribution in [3.8, 4) is 0 Å². The molecule has 0 spiro atoms. The Kier molecular flexibility index (Phi) is 7.49. The van der Waals surface area contributed by atoms with Crippen LogP contribution in [0.2, 0.25) is 0 Å². The zero-order valence-corrected chi connectivity index (χ0v) is 15.0. The van der Waals surface area contributed by atoms with Crippen LogP contribution in [0.4, 0.5) is 5.69 Å². The number of anilines is 1. The molecule has 0 bridgehead atoms. The van der Waals surface area contributed by atoms with E-state index in [4.69, 9.17) is 15.2 Å². The minimum Gasteiger partial charge on any atom is -0.380 e. The molecule has 1 aromatic carbocycles. The number of ether oxygens (including phenoxy) is 2. The van der Waals surface area contributed by atoms with Crippen LogP contribution in [0.25, 0.3) is 0 Å². The van der Waals surface area contributed by atoms with E-state index in [9.17, 15) is 0 Å². The average Bonchev–Trinajstić information content (AvgIpc) is 2.55. The highest BCUT2D eigenvalue weighted by atomic mass is 16.5. The van der Waals surface area contributed by atoms with Crippen molar-refractivity contribution in [1.29, 1.82) is 0 Å². The molecular formula is C18H30N4O2. The second-order valence-electron chi connectivity index (χ2n) is 6.59. The third-order valence-electron chi connectivity index (χ3n) is 3.89. The molecule has 1 heterocycles. The number of nitrogens with one attached hydrogen (secondary N) is 1.